The quantitative estimate of drug-likeness (QED) is 0.879. The molecule has 7 heteroatoms. The molecule has 5 nitrogen and oxygen atoms in total. The highest BCUT2D eigenvalue weighted by atomic mass is 35.5. The molecule has 2 aromatic rings. The van der Waals surface area contributed by atoms with Gasteiger partial charge in [-0.15, -0.1) is 11.8 Å². The van der Waals surface area contributed by atoms with E-state index in [0.29, 0.717) is 15.9 Å². The minimum atomic E-state index is -0.958. The van der Waals surface area contributed by atoms with E-state index in [9.17, 15) is 4.79 Å². The summed E-state index contributed by atoms with van der Waals surface area (Å²) in [5.74, 6) is -0.353. The molecule has 0 aliphatic carbocycles. The van der Waals surface area contributed by atoms with Crippen LogP contribution >= 0.6 is 23.4 Å². The average molecular weight is 298 g/mol. The van der Waals surface area contributed by atoms with Crippen LogP contribution in [0.5, 0.6) is 0 Å². The number of hydrogen-bond donors (Lipinski definition) is 1. The van der Waals surface area contributed by atoms with E-state index >= 15 is 0 Å². The number of aromatic nitrogens is 3. The Kier molecular flexibility index (Phi) is 4.11. The number of nitrogens with zero attached hydrogens (tertiary/aromatic N) is 3. The molecule has 0 spiro atoms. The lowest BCUT2D eigenvalue weighted by Gasteiger charge is -2.02. The molecule has 0 aliphatic rings. The standard InChI is InChI=1S/C12H12ClN3O2S/c1-7-9(11(13)16(2)15-7)6-19-10-5-8(12(17)18)3-4-14-10/h3-5H,6H2,1-2H3,(H,17,18). The molecule has 100 valence electrons. The van der Waals surface area contributed by atoms with Gasteiger partial charge in [-0.25, -0.2) is 9.78 Å². The van der Waals surface area contributed by atoms with Crippen LogP contribution in [0.1, 0.15) is 21.6 Å². The second-order valence-electron chi connectivity index (χ2n) is 3.95. The van der Waals surface area contributed by atoms with Crippen LogP contribution in [0.4, 0.5) is 0 Å². The Morgan fingerprint density at radius 3 is 2.89 bits per heavy atom. The normalized spacial score (nSPS) is 10.7. The van der Waals surface area contributed by atoms with Gasteiger partial charge < -0.3 is 5.11 Å². The van der Waals surface area contributed by atoms with Gasteiger partial charge in [-0.1, -0.05) is 11.6 Å². The molecule has 1 N–H and O–H groups in total. The van der Waals surface area contributed by atoms with Crippen LogP contribution < -0.4 is 0 Å². The summed E-state index contributed by atoms with van der Waals surface area (Å²) in [6.45, 7) is 1.89. The van der Waals surface area contributed by atoms with Gasteiger partial charge >= 0.3 is 5.97 Å². The maximum absolute atomic E-state index is 10.9. The maximum Gasteiger partial charge on any atom is 0.335 e. The van der Waals surface area contributed by atoms with Crippen molar-refractivity contribution in [3.05, 3.63) is 40.3 Å². The number of rotatable bonds is 4. The molecular formula is C12H12ClN3O2S. The van der Waals surface area contributed by atoms with Crippen LogP contribution in [-0.4, -0.2) is 25.8 Å². The molecule has 0 aliphatic heterocycles. The molecule has 19 heavy (non-hydrogen) atoms. The van der Waals surface area contributed by atoms with E-state index in [-0.39, 0.29) is 5.56 Å². The third kappa shape index (κ3) is 3.08. The van der Waals surface area contributed by atoms with Crippen LogP contribution in [0.3, 0.4) is 0 Å². The van der Waals surface area contributed by atoms with Crippen molar-refractivity contribution in [2.45, 2.75) is 17.7 Å². The summed E-state index contributed by atoms with van der Waals surface area (Å²) in [5, 5.41) is 14.4. The van der Waals surface area contributed by atoms with Crippen molar-refractivity contribution in [3.8, 4) is 0 Å². The summed E-state index contributed by atoms with van der Waals surface area (Å²) in [6, 6.07) is 3.02. The zero-order chi connectivity index (χ0) is 14.0. The molecule has 0 amide bonds. The van der Waals surface area contributed by atoms with Gasteiger partial charge in [0.05, 0.1) is 16.3 Å². The summed E-state index contributed by atoms with van der Waals surface area (Å²) < 4.78 is 1.62. The average Bonchev–Trinajstić information content (AvgIpc) is 2.61. The van der Waals surface area contributed by atoms with Crippen LogP contribution in [0.25, 0.3) is 0 Å². The number of carbonyl (C=O) groups is 1. The Bertz CT molecular complexity index is 627. The van der Waals surface area contributed by atoms with Gasteiger partial charge in [0.2, 0.25) is 0 Å². The summed E-state index contributed by atoms with van der Waals surface area (Å²) in [4.78, 5) is 15.0. The molecular weight excluding hydrogens is 286 g/mol. The Morgan fingerprint density at radius 1 is 1.58 bits per heavy atom. The fourth-order valence-corrected chi connectivity index (χ4v) is 2.91. The van der Waals surface area contributed by atoms with E-state index in [2.05, 4.69) is 10.1 Å². The van der Waals surface area contributed by atoms with Gasteiger partial charge in [0, 0.05) is 24.6 Å². The topological polar surface area (TPSA) is 68.0 Å². The van der Waals surface area contributed by atoms with Crippen molar-refractivity contribution >= 4 is 29.3 Å². The van der Waals surface area contributed by atoms with Gasteiger partial charge in [-0.05, 0) is 19.1 Å². The number of carboxylic acid groups (broad SMARTS) is 1. The predicted octanol–water partition coefficient (Wildman–Crippen LogP) is 2.77. The zero-order valence-corrected chi connectivity index (χ0v) is 12.0. The molecule has 0 radical (unpaired) electrons. The van der Waals surface area contributed by atoms with Crippen LogP contribution in [-0.2, 0) is 12.8 Å². The summed E-state index contributed by atoms with van der Waals surface area (Å²) in [6.07, 6.45) is 1.49. The number of halogens is 1. The number of carboxylic acids is 1. The first-order chi connectivity index (χ1) is 8.99. The van der Waals surface area contributed by atoms with E-state index < -0.39 is 5.97 Å². The van der Waals surface area contributed by atoms with Gasteiger partial charge in [0.15, 0.2) is 0 Å². The second-order valence-corrected chi connectivity index (χ2v) is 5.31. The van der Waals surface area contributed by atoms with Gasteiger partial charge in [-0.2, -0.15) is 5.10 Å². The molecule has 2 heterocycles. The number of hydrogen-bond acceptors (Lipinski definition) is 4. The first-order valence-electron chi connectivity index (χ1n) is 5.49. The highest BCUT2D eigenvalue weighted by Gasteiger charge is 2.12. The highest BCUT2D eigenvalue weighted by molar-refractivity contribution is 7.98. The molecule has 0 saturated heterocycles. The SMILES string of the molecule is Cc1nn(C)c(Cl)c1CSc1cc(C(=O)O)ccn1. The monoisotopic (exact) mass is 297 g/mol. The Morgan fingerprint density at radius 2 is 2.32 bits per heavy atom. The van der Waals surface area contributed by atoms with Crippen molar-refractivity contribution in [2.24, 2.45) is 7.05 Å². The zero-order valence-electron chi connectivity index (χ0n) is 10.4. The summed E-state index contributed by atoms with van der Waals surface area (Å²) in [5.41, 5.74) is 2.04. The second kappa shape index (κ2) is 5.63. The Hall–Kier alpha value is -1.53. The van der Waals surface area contributed by atoms with Crippen molar-refractivity contribution in [3.63, 3.8) is 0 Å². The lowest BCUT2D eigenvalue weighted by molar-refractivity contribution is 0.0696. The molecule has 0 bridgehead atoms. The van der Waals surface area contributed by atoms with Crippen molar-refractivity contribution < 1.29 is 9.90 Å². The third-order valence-electron chi connectivity index (χ3n) is 2.62. The number of aromatic carboxylic acids is 1. The minimum absolute atomic E-state index is 0.228. The fourth-order valence-electron chi connectivity index (χ4n) is 1.61. The molecule has 2 rings (SSSR count). The van der Waals surface area contributed by atoms with Gasteiger partial charge in [0.25, 0.3) is 0 Å². The lowest BCUT2D eigenvalue weighted by atomic mass is 10.3. The van der Waals surface area contributed by atoms with Crippen molar-refractivity contribution in [1.82, 2.24) is 14.8 Å². The third-order valence-corrected chi connectivity index (χ3v) is 4.04. The van der Waals surface area contributed by atoms with Gasteiger partial charge in [0.1, 0.15) is 5.15 Å². The lowest BCUT2D eigenvalue weighted by Crippen LogP contribution is -1.96. The minimum Gasteiger partial charge on any atom is -0.478 e. The number of pyridine rings is 1. The molecule has 2 aromatic heterocycles. The van der Waals surface area contributed by atoms with Gasteiger partial charge in [-0.3, -0.25) is 4.68 Å². The van der Waals surface area contributed by atoms with Crippen LogP contribution in [0, 0.1) is 6.92 Å². The Labute approximate surface area is 119 Å². The van der Waals surface area contributed by atoms with E-state index in [4.69, 9.17) is 16.7 Å². The first-order valence-corrected chi connectivity index (χ1v) is 6.85. The van der Waals surface area contributed by atoms with E-state index in [1.165, 1.54) is 24.0 Å². The fraction of sp³-hybridized carbons (Fsp3) is 0.250. The molecule has 0 saturated carbocycles. The molecule has 0 fully saturated rings. The number of thioether (sulfide) groups is 1. The molecule has 0 aromatic carbocycles. The van der Waals surface area contributed by atoms with E-state index in [1.807, 2.05) is 6.92 Å². The smallest absolute Gasteiger partial charge is 0.335 e. The number of aryl methyl sites for hydroxylation is 2. The van der Waals surface area contributed by atoms with E-state index in [0.717, 1.165) is 11.3 Å². The maximum atomic E-state index is 10.9. The van der Waals surface area contributed by atoms with Crippen LogP contribution in [0.2, 0.25) is 5.15 Å². The largest absolute Gasteiger partial charge is 0.478 e. The molecule has 0 unspecified atom stereocenters. The summed E-state index contributed by atoms with van der Waals surface area (Å²) >= 11 is 7.57. The van der Waals surface area contributed by atoms with E-state index in [1.54, 1.807) is 17.8 Å². The Balaban J connectivity index is 2.14. The first kappa shape index (κ1) is 13.9. The van der Waals surface area contributed by atoms with Crippen molar-refractivity contribution in [1.29, 1.82) is 0 Å². The molecule has 0 atom stereocenters. The highest BCUT2D eigenvalue weighted by Crippen LogP contribution is 2.27. The van der Waals surface area contributed by atoms with Crippen LogP contribution in [0.15, 0.2) is 23.4 Å². The predicted molar refractivity (Wildman–Crippen MR) is 73.7 cm³/mol. The summed E-state index contributed by atoms with van der Waals surface area (Å²) in [7, 11) is 1.78. The van der Waals surface area contributed by atoms with Crippen molar-refractivity contribution in [2.75, 3.05) is 0 Å².